The van der Waals surface area contributed by atoms with Crippen LogP contribution in [0.3, 0.4) is 0 Å². The molecule has 0 atom stereocenters. The Hall–Kier alpha value is -4.06. The summed E-state index contributed by atoms with van der Waals surface area (Å²) in [5.41, 5.74) is 4.92. The molecule has 3 aromatic rings. The summed E-state index contributed by atoms with van der Waals surface area (Å²) in [5, 5.41) is 3.18. The lowest BCUT2D eigenvalue weighted by Crippen LogP contribution is -2.32. The van der Waals surface area contributed by atoms with Gasteiger partial charge in [-0.15, -0.1) is 0 Å². The molecule has 1 heterocycles. The van der Waals surface area contributed by atoms with Gasteiger partial charge in [0.25, 0.3) is 11.8 Å². The molecule has 0 aromatic heterocycles. The molecule has 6 heteroatoms. The molecule has 168 valence electrons. The maximum atomic E-state index is 13.6. The predicted octanol–water partition coefficient (Wildman–Crippen LogP) is 4.71. The standard InChI is InChI=1S/C27H26N2O4/c1-17-9-10-19(15-18(17)2)24-25(28-21-11-13-22(32-3)14-12-21)27(31)29(26(24)30)16-20-7-5-6-8-23(20)33-4/h5-15,28H,16H2,1-4H3. The first-order valence-electron chi connectivity index (χ1n) is 10.6. The maximum Gasteiger partial charge on any atom is 0.278 e. The van der Waals surface area contributed by atoms with Crippen LogP contribution in [-0.2, 0) is 16.1 Å². The third-order valence-electron chi connectivity index (χ3n) is 5.84. The van der Waals surface area contributed by atoms with Gasteiger partial charge in [0.05, 0.1) is 26.3 Å². The second-order valence-electron chi connectivity index (χ2n) is 7.91. The van der Waals surface area contributed by atoms with Crippen molar-refractivity contribution in [2.24, 2.45) is 0 Å². The van der Waals surface area contributed by atoms with Crippen LogP contribution in [0.5, 0.6) is 11.5 Å². The fourth-order valence-electron chi connectivity index (χ4n) is 3.82. The zero-order valence-electron chi connectivity index (χ0n) is 19.1. The summed E-state index contributed by atoms with van der Waals surface area (Å²) in [5.74, 6) is 0.609. The van der Waals surface area contributed by atoms with Crippen molar-refractivity contribution in [3.63, 3.8) is 0 Å². The summed E-state index contributed by atoms with van der Waals surface area (Å²) in [4.78, 5) is 28.3. The SMILES string of the molecule is COc1ccc(NC2=C(c3ccc(C)c(C)c3)C(=O)N(Cc3ccccc3OC)C2=O)cc1. The number of hydrogen-bond donors (Lipinski definition) is 1. The smallest absolute Gasteiger partial charge is 0.278 e. The lowest BCUT2D eigenvalue weighted by atomic mass is 9.99. The van der Waals surface area contributed by atoms with Crippen molar-refractivity contribution in [3.8, 4) is 11.5 Å². The molecule has 0 bridgehead atoms. The molecule has 4 rings (SSSR count). The number of nitrogens with zero attached hydrogens (tertiary/aromatic N) is 1. The van der Waals surface area contributed by atoms with Crippen molar-refractivity contribution in [2.75, 3.05) is 19.5 Å². The average Bonchev–Trinajstić information content (AvgIpc) is 3.06. The van der Waals surface area contributed by atoms with Gasteiger partial charge in [0.15, 0.2) is 0 Å². The number of imide groups is 1. The highest BCUT2D eigenvalue weighted by Gasteiger charge is 2.39. The van der Waals surface area contributed by atoms with E-state index in [9.17, 15) is 9.59 Å². The van der Waals surface area contributed by atoms with Crippen molar-refractivity contribution >= 4 is 23.1 Å². The Morgan fingerprint density at radius 1 is 0.818 bits per heavy atom. The number of methoxy groups -OCH3 is 2. The molecule has 0 saturated heterocycles. The minimum atomic E-state index is -0.380. The molecule has 1 N–H and O–H groups in total. The molecule has 0 unspecified atom stereocenters. The number of rotatable bonds is 7. The molecule has 33 heavy (non-hydrogen) atoms. The molecular formula is C27H26N2O4. The minimum absolute atomic E-state index is 0.115. The van der Waals surface area contributed by atoms with Gasteiger partial charge in [0.2, 0.25) is 0 Å². The third kappa shape index (κ3) is 4.32. The predicted molar refractivity (Wildman–Crippen MR) is 128 cm³/mol. The molecule has 0 fully saturated rings. The van der Waals surface area contributed by atoms with E-state index in [-0.39, 0.29) is 24.1 Å². The fourth-order valence-corrected chi connectivity index (χ4v) is 3.82. The van der Waals surface area contributed by atoms with Crippen LogP contribution >= 0.6 is 0 Å². The average molecular weight is 443 g/mol. The topological polar surface area (TPSA) is 67.9 Å². The van der Waals surface area contributed by atoms with Crippen molar-refractivity contribution in [1.82, 2.24) is 4.90 Å². The summed E-state index contributed by atoms with van der Waals surface area (Å²) in [6, 6.07) is 20.4. The first kappa shape index (κ1) is 22.1. The summed E-state index contributed by atoms with van der Waals surface area (Å²) in [7, 11) is 3.17. The number of aryl methyl sites for hydroxylation is 2. The van der Waals surface area contributed by atoms with Crippen LogP contribution in [0.1, 0.15) is 22.3 Å². The molecule has 1 aliphatic rings. The zero-order chi connectivity index (χ0) is 23.5. The van der Waals surface area contributed by atoms with Crippen LogP contribution in [0.15, 0.2) is 72.4 Å². The number of carbonyl (C=O) groups is 2. The van der Waals surface area contributed by atoms with E-state index >= 15 is 0 Å². The Labute approximate surface area is 193 Å². The Morgan fingerprint density at radius 2 is 1.55 bits per heavy atom. The quantitative estimate of drug-likeness (QED) is 0.537. The Morgan fingerprint density at radius 3 is 2.21 bits per heavy atom. The first-order chi connectivity index (χ1) is 15.9. The molecule has 0 radical (unpaired) electrons. The van der Waals surface area contributed by atoms with Crippen molar-refractivity contribution in [3.05, 3.63) is 94.7 Å². The highest BCUT2D eigenvalue weighted by Crippen LogP contribution is 2.33. The second-order valence-corrected chi connectivity index (χ2v) is 7.91. The van der Waals surface area contributed by atoms with Gasteiger partial charge in [-0.2, -0.15) is 0 Å². The van der Waals surface area contributed by atoms with Gasteiger partial charge < -0.3 is 14.8 Å². The highest BCUT2D eigenvalue weighted by molar-refractivity contribution is 6.36. The highest BCUT2D eigenvalue weighted by atomic mass is 16.5. The van der Waals surface area contributed by atoms with Gasteiger partial charge in [-0.05, 0) is 60.9 Å². The minimum Gasteiger partial charge on any atom is -0.497 e. The lowest BCUT2D eigenvalue weighted by Gasteiger charge is -2.17. The Balaban J connectivity index is 1.75. The van der Waals surface area contributed by atoms with E-state index in [1.165, 1.54) is 4.90 Å². The number of anilines is 1. The van der Waals surface area contributed by atoms with Crippen molar-refractivity contribution in [2.45, 2.75) is 20.4 Å². The molecular weight excluding hydrogens is 416 g/mol. The van der Waals surface area contributed by atoms with Gasteiger partial charge in [-0.25, -0.2) is 0 Å². The molecule has 2 amide bonds. The van der Waals surface area contributed by atoms with Gasteiger partial charge in [-0.3, -0.25) is 14.5 Å². The van der Waals surface area contributed by atoms with Crippen LogP contribution in [0, 0.1) is 13.8 Å². The van der Waals surface area contributed by atoms with Crippen LogP contribution < -0.4 is 14.8 Å². The van der Waals surface area contributed by atoms with Gasteiger partial charge in [0, 0.05) is 11.3 Å². The van der Waals surface area contributed by atoms with E-state index in [1.54, 1.807) is 26.4 Å². The van der Waals surface area contributed by atoms with Crippen LogP contribution in [0.4, 0.5) is 5.69 Å². The summed E-state index contributed by atoms with van der Waals surface area (Å²) >= 11 is 0. The third-order valence-corrected chi connectivity index (χ3v) is 5.84. The van der Waals surface area contributed by atoms with Crippen LogP contribution in [0.25, 0.3) is 5.57 Å². The number of nitrogens with one attached hydrogen (secondary N) is 1. The zero-order valence-corrected chi connectivity index (χ0v) is 19.1. The summed E-state index contributed by atoms with van der Waals surface area (Å²) in [6.45, 7) is 4.12. The summed E-state index contributed by atoms with van der Waals surface area (Å²) < 4.78 is 10.6. The van der Waals surface area contributed by atoms with E-state index < -0.39 is 0 Å². The van der Waals surface area contributed by atoms with E-state index in [4.69, 9.17) is 9.47 Å². The maximum absolute atomic E-state index is 13.6. The number of benzene rings is 3. The van der Waals surface area contributed by atoms with E-state index in [0.717, 1.165) is 16.7 Å². The van der Waals surface area contributed by atoms with Crippen molar-refractivity contribution < 1.29 is 19.1 Å². The number of carbonyl (C=O) groups excluding carboxylic acids is 2. The molecule has 3 aromatic carbocycles. The molecule has 1 aliphatic heterocycles. The number of hydrogen-bond acceptors (Lipinski definition) is 5. The largest absolute Gasteiger partial charge is 0.497 e. The van der Waals surface area contributed by atoms with E-state index in [2.05, 4.69) is 5.32 Å². The number of amides is 2. The lowest BCUT2D eigenvalue weighted by molar-refractivity contribution is -0.137. The van der Waals surface area contributed by atoms with Gasteiger partial charge in [0.1, 0.15) is 17.2 Å². The van der Waals surface area contributed by atoms with Gasteiger partial charge in [-0.1, -0.05) is 36.4 Å². The molecule has 6 nitrogen and oxygen atoms in total. The Bertz CT molecular complexity index is 1250. The molecule has 0 saturated carbocycles. The molecule has 0 aliphatic carbocycles. The van der Waals surface area contributed by atoms with Crippen LogP contribution in [-0.4, -0.2) is 30.9 Å². The van der Waals surface area contributed by atoms with E-state index in [1.807, 2.05) is 68.4 Å². The normalized spacial score (nSPS) is 13.5. The second kappa shape index (κ2) is 9.20. The van der Waals surface area contributed by atoms with Gasteiger partial charge >= 0.3 is 0 Å². The van der Waals surface area contributed by atoms with E-state index in [0.29, 0.717) is 28.3 Å². The first-order valence-corrected chi connectivity index (χ1v) is 10.6. The van der Waals surface area contributed by atoms with Crippen LogP contribution in [0.2, 0.25) is 0 Å². The molecule has 0 spiro atoms. The number of ether oxygens (including phenoxy) is 2. The monoisotopic (exact) mass is 442 g/mol. The number of para-hydroxylation sites is 1. The fraction of sp³-hybridized carbons (Fsp3) is 0.185. The Kier molecular flexibility index (Phi) is 6.18. The summed E-state index contributed by atoms with van der Waals surface area (Å²) in [6.07, 6.45) is 0. The van der Waals surface area contributed by atoms with Crippen molar-refractivity contribution in [1.29, 1.82) is 0 Å².